The zero-order valence-electron chi connectivity index (χ0n) is 15.0. The summed E-state index contributed by atoms with van der Waals surface area (Å²) in [5, 5.41) is 6.59. The number of hydrogen-bond donors (Lipinski definition) is 2. The minimum atomic E-state index is -0.367. The van der Waals surface area contributed by atoms with Crippen molar-refractivity contribution in [2.45, 2.75) is 44.2 Å². The number of halogens is 2. The van der Waals surface area contributed by atoms with E-state index in [2.05, 4.69) is 10.6 Å². The van der Waals surface area contributed by atoms with Gasteiger partial charge in [-0.2, -0.15) is 0 Å². The van der Waals surface area contributed by atoms with Crippen molar-refractivity contribution in [2.24, 2.45) is 5.92 Å². The zero-order chi connectivity index (χ0) is 17.8. The number of amides is 2. The molecule has 1 aromatic carbocycles. The van der Waals surface area contributed by atoms with Gasteiger partial charge in [-0.1, -0.05) is 24.4 Å². The van der Waals surface area contributed by atoms with E-state index in [0.717, 1.165) is 32.2 Å². The van der Waals surface area contributed by atoms with E-state index in [9.17, 15) is 9.59 Å². The number of likely N-dealkylation sites (tertiary alicyclic amines) is 1. The average molecular weight is 400 g/mol. The molecule has 1 saturated heterocycles. The highest BCUT2D eigenvalue weighted by Crippen LogP contribution is 2.40. The Balaban J connectivity index is 0.00000243. The lowest BCUT2D eigenvalue weighted by molar-refractivity contribution is -0.125. The number of carbonyl (C=O) groups is 2. The van der Waals surface area contributed by atoms with Gasteiger partial charge in [0.2, 0.25) is 5.91 Å². The molecule has 1 saturated carbocycles. The standard InChI is InChI=1S/C19H26ClN3O2.ClH/c1-21-10-11-22-18(24)17-12-14-4-2-3-5-16(14)23(17)19(25)13-6-8-15(20)9-7-13;/h6-9,14,16-17,21H,2-5,10-12H2,1H3,(H,22,24);1H. The molecule has 2 fully saturated rings. The van der Waals surface area contributed by atoms with Gasteiger partial charge >= 0.3 is 0 Å². The maximum atomic E-state index is 13.1. The third-order valence-corrected chi connectivity index (χ3v) is 5.64. The Morgan fingerprint density at radius 2 is 1.85 bits per heavy atom. The second-order valence-electron chi connectivity index (χ2n) is 6.98. The molecule has 0 bridgehead atoms. The number of hydrogen-bond acceptors (Lipinski definition) is 3. The number of rotatable bonds is 5. The summed E-state index contributed by atoms with van der Waals surface area (Å²) in [6, 6.07) is 6.76. The quantitative estimate of drug-likeness (QED) is 0.748. The minimum absolute atomic E-state index is 0. The van der Waals surface area contributed by atoms with Gasteiger partial charge in [-0.05, 0) is 56.5 Å². The monoisotopic (exact) mass is 399 g/mol. The van der Waals surface area contributed by atoms with Gasteiger partial charge in [0.25, 0.3) is 5.91 Å². The number of likely N-dealkylation sites (N-methyl/N-ethyl adjacent to an activating group) is 1. The molecule has 3 unspecified atom stereocenters. The molecule has 26 heavy (non-hydrogen) atoms. The average Bonchev–Trinajstić information content (AvgIpc) is 3.01. The fraction of sp³-hybridized carbons (Fsp3) is 0.579. The molecule has 5 nitrogen and oxygen atoms in total. The van der Waals surface area contributed by atoms with E-state index in [0.29, 0.717) is 23.0 Å². The molecule has 3 rings (SSSR count). The Labute approximate surface area is 166 Å². The summed E-state index contributed by atoms with van der Waals surface area (Å²) in [5.41, 5.74) is 0.601. The van der Waals surface area contributed by atoms with Crippen molar-refractivity contribution in [3.05, 3.63) is 34.9 Å². The van der Waals surface area contributed by atoms with Crippen LogP contribution in [-0.2, 0) is 4.79 Å². The van der Waals surface area contributed by atoms with E-state index in [-0.39, 0.29) is 36.3 Å². The Bertz CT molecular complexity index is 624. The number of carbonyl (C=O) groups excluding carboxylic acids is 2. The molecule has 0 spiro atoms. The van der Waals surface area contributed by atoms with Crippen LogP contribution in [0, 0.1) is 5.92 Å². The zero-order valence-corrected chi connectivity index (χ0v) is 16.6. The lowest BCUT2D eigenvalue weighted by Gasteiger charge is -2.33. The molecule has 7 heteroatoms. The van der Waals surface area contributed by atoms with Crippen molar-refractivity contribution in [1.29, 1.82) is 0 Å². The summed E-state index contributed by atoms with van der Waals surface area (Å²) in [6.07, 6.45) is 5.19. The van der Waals surface area contributed by atoms with E-state index in [1.54, 1.807) is 24.3 Å². The maximum absolute atomic E-state index is 13.1. The third-order valence-electron chi connectivity index (χ3n) is 5.39. The van der Waals surface area contributed by atoms with Crippen molar-refractivity contribution in [1.82, 2.24) is 15.5 Å². The highest BCUT2D eigenvalue weighted by atomic mass is 35.5. The first-order valence-corrected chi connectivity index (χ1v) is 9.50. The van der Waals surface area contributed by atoms with Crippen molar-refractivity contribution < 1.29 is 9.59 Å². The van der Waals surface area contributed by atoms with Crippen LogP contribution in [0.3, 0.4) is 0 Å². The highest BCUT2D eigenvalue weighted by Gasteiger charge is 2.47. The molecule has 144 valence electrons. The Morgan fingerprint density at radius 3 is 2.54 bits per heavy atom. The van der Waals surface area contributed by atoms with Gasteiger partial charge in [-0.15, -0.1) is 12.4 Å². The predicted molar refractivity (Wildman–Crippen MR) is 106 cm³/mol. The summed E-state index contributed by atoms with van der Waals surface area (Å²) < 4.78 is 0. The first-order valence-electron chi connectivity index (χ1n) is 9.12. The van der Waals surface area contributed by atoms with Gasteiger partial charge in [-0.3, -0.25) is 9.59 Å². The first-order chi connectivity index (χ1) is 12.1. The fourth-order valence-electron chi connectivity index (χ4n) is 4.16. The summed E-state index contributed by atoms with van der Waals surface area (Å²) in [7, 11) is 1.85. The second kappa shape index (κ2) is 9.58. The molecular formula is C19H27Cl2N3O2. The normalized spacial score (nSPS) is 24.5. The summed E-state index contributed by atoms with van der Waals surface area (Å²) in [6.45, 7) is 1.29. The molecule has 3 atom stereocenters. The van der Waals surface area contributed by atoms with Crippen molar-refractivity contribution in [3.8, 4) is 0 Å². The summed E-state index contributed by atoms with van der Waals surface area (Å²) >= 11 is 5.94. The highest BCUT2D eigenvalue weighted by molar-refractivity contribution is 6.30. The summed E-state index contributed by atoms with van der Waals surface area (Å²) in [5.74, 6) is 0.344. The smallest absolute Gasteiger partial charge is 0.254 e. The van der Waals surface area contributed by atoms with Crippen LogP contribution in [0.25, 0.3) is 0 Å². The van der Waals surface area contributed by atoms with E-state index < -0.39 is 0 Å². The van der Waals surface area contributed by atoms with Crippen LogP contribution in [0.5, 0.6) is 0 Å². The second-order valence-corrected chi connectivity index (χ2v) is 7.41. The SMILES string of the molecule is CNCCNC(=O)C1CC2CCCCC2N1C(=O)c1ccc(Cl)cc1.Cl. The molecule has 2 N–H and O–H groups in total. The fourth-order valence-corrected chi connectivity index (χ4v) is 4.28. The molecule has 1 aliphatic carbocycles. The largest absolute Gasteiger partial charge is 0.353 e. The lowest BCUT2D eigenvalue weighted by Crippen LogP contribution is -2.50. The molecule has 1 heterocycles. The van der Waals surface area contributed by atoms with Crippen LogP contribution in [0.1, 0.15) is 42.5 Å². The molecular weight excluding hydrogens is 373 g/mol. The van der Waals surface area contributed by atoms with Gasteiger partial charge in [0.15, 0.2) is 0 Å². The molecule has 1 aliphatic heterocycles. The number of fused-ring (bicyclic) bond motifs is 1. The van der Waals surface area contributed by atoms with Crippen LogP contribution in [0.2, 0.25) is 5.02 Å². The lowest BCUT2D eigenvalue weighted by atomic mass is 9.84. The first kappa shape index (κ1) is 21.0. The maximum Gasteiger partial charge on any atom is 0.254 e. The van der Waals surface area contributed by atoms with Crippen molar-refractivity contribution >= 4 is 35.8 Å². The van der Waals surface area contributed by atoms with Crippen molar-refractivity contribution in [2.75, 3.05) is 20.1 Å². The van der Waals surface area contributed by atoms with Gasteiger partial charge in [-0.25, -0.2) is 0 Å². The Morgan fingerprint density at radius 1 is 1.15 bits per heavy atom. The minimum Gasteiger partial charge on any atom is -0.353 e. The number of nitrogens with one attached hydrogen (secondary N) is 2. The van der Waals surface area contributed by atoms with Crippen LogP contribution in [-0.4, -0.2) is 48.9 Å². The van der Waals surface area contributed by atoms with E-state index in [1.807, 2.05) is 11.9 Å². The van der Waals surface area contributed by atoms with E-state index in [4.69, 9.17) is 11.6 Å². The van der Waals surface area contributed by atoms with Crippen LogP contribution >= 0.6 is 24.0 Å². The topological polar surface area (TPSA) is 61.4 Å². The van der Waals surface area contributed by atoms with Gasteiger partial charge in [0.1, 0.15) is 6.04 Å². The molecule has 0 aromatic heterocycles. The van der Waals surface area contributed by atoms with Crippen LogP contribution in [0.4, 0.5) is 0 Å². The molecule has 2 aliphatic rings. The Kier molecular flexibility index (Phi) is 7.74. The van der Waals surface area contributed by atoms with E-state index >= 15 is 0 Å². The van der Waals surface area contributed by atoms with E-state index in [1.165, 1.54) is 6.42 Å². The predicted octanol–water partition coefficient (Wildman–Crippen LogP) is 2.87. The van der Waals surface area contributed by atoms with Gasteiger partial charge < -0.3 is 15.5 Å². The van der Waals surface area contributed by atoms with Crippen LogP contribution in [0.15, 0.2) is 24.3 Å². The summed E-state index contributed by atoms with van der Waals surface area (Å²) in [4.78, 5) is 27.7. The molecule has 0 radical (unpaired) electrons. The Hall–Kier alpha value is -1.30. The van der Waals surface area contributed by atoms with Crippen molar-refractivity contribution in [3.63, 3.8) is 0 Å². The molecule has 2 amide bonds. The number of benzene rings is 1. The van der Waals surface area contributed by atoms with Gasteiger partial charge in [0, 0.05) is 29.7 Å². The van der Waals surface area contributed by atoms with Gasteiger partial charge in [0.05, 0.1) is 0 Å². The van der Waals surface area contributed by atoms with Crippen LogP contribution < -0.4 is 10.6 Å². The molecule has 1 aromatic rings. The third kappa shape index (κ3) is 4.51. The number of nitrogens with zero attached hydrogens (tertiary/aromatic N) is 1.